The van der Waals surface area contributed by atoms with E-state index in [9.17, 15) is 4.79 Å². The maximum Gasteiger partial charge on any atom is 0.250 e. The third-order valence-electron chi connectivity index (χ3n) is 4.80. The minimum absolute atomic E-state index is 0.143. The first kappa shape index (κ1) is 23.5. The second kappa shape index (κ2) is 11.4. The number of nitrogens with zero attached hydrogens (tertiary/aromatic N) is 4. The van der Waals surface area contributed by atoms with E-state index in [1.54, 1.807) is 12.3 Å². The number of hydrazone groups is 1. The molecule has 170 valence electrons. The summed E-state index contributed by atoms with van der Waals surface area (Å²) in [6.45, 7) is 2.03. The van der Waals surface area contributed by atoms with Crippen LogP contribution in [0.1, 0.15) is 11.1 Å². The molecular formula is C26H22ClN5OS. The number of rotatable bonds is 8. The average Bonchev–Trinajstić information content (AvgIpc) is 3.28. The average molecular weight is 488 g/mol. The number of aryl methyl sites for hydroxylation is 1. The summed E-state index contributed by atoms with van der Waals surface area (Å²) < 4.78 is 1.94. The number of amides is 1. The Morgan fingerprint density at radius 3 is 2.50 bits per heavy atom. The fourth-order valence-electron chi connectivity index (χ4n) is 3.11. The quantitative estimate of drug-likeness (QED) is 0.193. The van der Waals surface area contributed by atoms with Crippen molar-refractivity contribution in [2.24, 2.45) is 5.10 Å². The summed E-state index contributed by atoms with van der Waals surface area (Å²) in [7, 11) is 0. The van der Waals surface area contributed by atoms with Gasteiger partial charge in [-0.2, -0.15) is 5.10 Å². The van der Waals surface area contributed by atoms with Crippen molar-refractivity contribution >= 4 is 41.6 Å². The number of allylic oxidation sites excluding steroid dienone is 1. The molecule has 34 heavy (non-hydrogen) atoms. The fraction of sp³-hybridized carbons (Fsp3) is 0.0769. The Kier molecular flexibility index (Phi) is 7.91. The summed E-state index contributed by atoms with van der Waals surface area (Å²) in [5.41, 5.74) is 6.53. The van der Waals surface area contributed by atoms with E-state index in [4.69, 9.17) is 11.6 Å². The predicted molar refractivity (Wildman–Crippen MR) is 139 cm³/mol. The van der Waals surface area contributed by atoms with Crippen LogP contribution < -0.4 is 5.43 Å². The van der Waals surface area contributed by atoms with Crippen LogP contribution in [-0.2, 0) is 4.79 Å². The van der Waals surface area contributed by atoms with Crippen LogP contribution >= 0.6 is 23.4 Å². The second-order valence-corrected chi connectivity index (χ2v) is 8.73. The SMILES string of the molecule is Cc1ccc(-n2c(SCC(=O)N/N=C\C=C\c3ccccc3)nnc2-c2ccc(Cl)cc2)cc1. The number of benzene rings is 3. The van der Waals surface area contributed by atoms with Gasteiger partial charge in [0.1, 0.15) is 0 Å². The molecule has 1 N–H and O–H groups in total. The van der Waals surface area contributed by atoms with Crippen molar-refractivity contribution in [3.63, 3.8) is 0 Å². The van der Waals surface area contributed by atoms with Crippen molar-refractivity contribution in [2.45, 2.75) is 12.1 Å². The molecule has 0 aliphatic rings. The van der Waals surface area contributed by atoms with E-state index >= 15 is 0 Å². The second-order valence-electron chi connectivity index (χ2n) is 7.36. The highest BCUT2D eigenvalue weighted by Crippen LogP contribution is 2.28. The molecule has 0 aliphatic heterocycles. The van der Waals surface area contributed by atoms with Gasteiger partial charge in [0, 0.05) is 22.5 Å². The number of thioether (sulfide) groups is 1. The smallest absolute Gasteiger partial charge is 0.250 e. The molecule has 0 saturated carbocycles. The molecule has 0 aliphatic carbocycles. The highest BCUT2D eigenvalue weighted by Gasteiger charge is 2.17. The van der Waals surface area contributed by atoms with Gasteiger partial charge in [-0.15, -0.1) is 10.2 Å². The summed E-state index contributed by atoms with van der Waals surface area (Å²) in [5, 5.41) is 14.0. The van der Waals surface area contributed by atoms with Crippen LogP contribution in [0.5, 0.6) is 0 Å². The summed E-state index contributed by atoms with van der Waals surface area (Å²) in [5.74, 6) is 0.582. The van der Waals surface area contributed by atoms with Crippen LogP contribution in [-0.4, -0.2) is 32.6 Å². The lowest BCUT2D eigenvalue weighted by Crippen LogP contribution is -2.19. The Morgan fingerprint density at radius 2 is 1.76 bits per heavy atom. The van der Waals surface area contributed by atoms with Gasteiger partial charge in [0.15, 0.2) is 11.0 Å². The first-order chi connectivity index (χ1) is 16.6. The molecule has 1 amide bonds. The molecule has 1 aromatic heterocycles. The molecule has 1 heterocycles. The van der Waals surface area contributed by atoms with Gasteiger partial charge < -0.3 is 0 Å². The Hall–Kier alpha value is -3.68. The fourth-order valence-corrected chi connectivity index (χ4v) is 3.98. The predicted octanol–water partition coefficient (Wildman–Crippen LogP) is 5.80. The molecule has 0 bridgehead atoms. The Bertz CT molecular complexity index is 1300. The third-order valence-corrected chi connectivity index (χ3v) is 5.98. The molecule has 6 nitrogen and oxygen atoms in total. The van der Waals surface area contributed by atoms with Crippen LogP contribution in [0.3, 0.4) is 0 Å². The first-order valence-electron chi connectivity index (χ1n) is 10.5. The molecule has 0 radical (unpaired) electrons. The van der Waals surface area contributed by atoms with E-state index in [1.807, 2.05) is 96.4 Å². The number of hydrogen-bond donors (Lipinski definition) is 1. The molecule has 0 unspecified atom stereocenters. The van der Waals surface area contributed by atoms with E-state index in [0.29, 0.717) is 16.0 Å². The monoisotopic (exact) mass is 487 g/mol. The van der Waals surface area contributed by atoms with E-state index in [-0.39, 0.29) is 11.7 Å². The zero-order valence-electron chi connectivity index (χ0n) is 18.4. The molecule has 0 fully saturated rings. The van der Waals surface area contributed by atoms with Crippen molar-refractivity contribution in [1.82, 2.24) is 20.2 Å². The number of carbonyl (C=O) groups excluding carboxylic acids is 1. The van der Waals surface area contributed by atoms with Crippen molar-refractivity contribution in [3.05, 3.63) is 101 Å². The van der Waals surface area contributed by atoms with E-state index in [1.165, 1.54) is 11.8 Å². The van der Waals surface area contributed by atoms with Crippen LogP contribution in [0.15, 0.2) is 95.2 Å². The van der Waals surface area contributed by atoms with Crippen molar-refractivity contribution in [3.8, 4) is 17.1 Å². The largest absolute Gasteiger partial charge is 0.272 e. The van der Waals surface area contributed by atoms with Crippen molar-refractivity contribution in [1.29, 1.82) is 0 Å². The molecule has 4 rings (SSSR count). The van der Waals surface area contributed by atoms with E-state index in [2.05, 4.69) is 20.7 Å². The Morgan fingerprint density at radius 1 is 1.03 bits per heavy atom. The Balaban J connectivity index is 1.45. The first-order valence-corrected chi connectivity index (χ1v) is 11.9. The van der Waals surface area contributed by atoms with Gasteiger partial charge in [-0.1, -0.05) is 77.5 Å². The summed E-state index contributed by atoms with van der Waals surface area (Å²) in [6.07, 6.45) is 5.23. The van der Waals surface area contributed by atoms with Crippen LogP contribution in [0.2, 0.25) is 5.02 Å². The Labute approximate surface area is 207 Å². The minimum Gasteiger partial charge on any atom is -0.272 e. The number of hydrogen-bond acceptors (Lipinski definition) is 5. The maximum absolute atomic E-state index is 12.3. The molecule has 3 aromatic carbocycles. The zero-order chi connectivity index (χ0) is 23.8. The normalized spacial score (nSPS) is 11.4. The molecular weight excluding hydrogens is 466 g/mol. The number of nitrogens with one attached hydrogen (secondary N) is 1. The van der Waals surface area contributed by atoms with Gasteiger partial charge in [-0.25, -0.2) is 5.43 Å². The van der Waals surface area contributed by atoms with Crippen molar-refractivity contribution in [2.75, 3.05) is 5.75 Å². The highest BCUT2D eigenvalue weighted by molar-refractivity contribution is 7.99. The molecule has 0 atom stereocenters. The standard InChI is InChI=1S/C26H22ClN5OS/c1-19-9-15-23(16-10-19)32-25(21-11-13-22(27)14-12-21)30-31-26(32)34-18-24(33)29-28-17-5-8-20-6-3-2-4-7-20/h2-17H,18H2,1H3,(H,29,33)/b8-5+,28-17-. The molecule has 0 saturated heterocycles. The molecule has 8 heteroatoms. The summed E-state index contributed by atoms with van der Waals surface area (Å²) in [4.78, 5) is 12.3. The van der Waals surface area contributed by atoms with Crippen LogP contribution in [0.4, 0.5) is 0 Å². The number of aromatic nitrogens is 3. The lowest BCUT2D eigenvalue weighted by atomic mass is 10.2. The summed E-state index contributed by atoms with van der Waals surface area (Å²) in [6, 6.07) is 25.4. The number of carbonyl (C=O) groups is 1. The van der Waals surface area contributed by atoms with Crippen LogP contribution in [0.25, 0.3) is 23.2 Å². The van der Waals surface area contributed by atoms with Crippen molar-refractivity contribution < 1.29 is 4.79 Å². The molecule has 4 aromatic rings. The van der Waals surface area contributed by atoms with Crippen LogP contribution in [0, 0.1) is 6.92 Å². The zero-order valence-corrected chi connectivity index (χ0v) is 20.0. The lowest BCUT2D eigenvalue weighted by Gasteiger charge is -2.10. The number of halogens is 1. The topological polar surface area (TPSA) is 72.2 Å². The van der Waals surface area contributed by atoms with Gasteiger partial charge in [-0.3, -0.25) is 9.36 Å². The maximum atomic E-state index is 12.3. The third kappa shape index (κ3) is 6.21. The van der Waals surface area contributed by atoms with Gasteiger partial charge in [-0.05, 0) is 55.0 Å². The summed E-state index contributed by atoms with van der Waals surface area (Å²) >= 11 is 7.34. The van der Waals surface area contributed by atoms with Gasteiger partial charge in [0.2, 0.25) is 0 Å². The van der Waals surface area contributed by atoms with E-state index in [0.717, 1.165) is 22.4 Å². The highest BCUT2D eigenvalue weighted by atomic mass is 35.5. The molecule has 0 spiro atoms. The lowest BCUT2D eigenvalue weighted by molar-refractivity contribution is -0.118. The van der Waals surface area contributed by atoms with E-state index < -0.39 is 0 Å². The van der Waals surface area contributed by atoms with Gasteiger partial charge in [0.05, 0.1) is 5.75 Å². The van der Waals surface area contributed by atoms with Gasteiger partial charge >= 0.3 is 0 Å². The van der Waals surface area contributed by atoms with Gasteiger partial charge in [0.25, 0.3) is 5.91 Å². The minimum atomic E-state index is -0.235.